The third-order valence-electron chi connectivity index (χ3n) is 3.14. The summed E-state index contributed by atoms with van der Waals surface area (Å²) in [5.41, 5.74) is 0. The van der Waals surface area contributed by atoms with E-state index < -0.39 is 0 Å². The van der Waals surface area contributed by atoms with Gasteiger partial charge in [0.25, 0.3) is 0 Å². The minimum absolute atomic E-state index is 0.341. The molecule has 0 bridgehead atoms. The topological polar surface area (TPSA) is 41.9 Å². The number of anilines is 1. The smallest absolute Gasteiger partial charge is 0.336 e. The highest BCUT2D eigenvalue weighted by Crippen LogP contribution is 2.24. The van der Waals surface area contributed by atoms with Crippen LogP contribution in [0.5, 0.6) is 0 Å². The first-order valence-electron chi connectivity index (χ1n) is 7.52. The van der Waals surface area contributed by atoms with E-state index in [2.05, 4.69) is 79.9 Å². The van der Waals surface area contributed by atoms with Gasteiger partial charge in [-0.25, -0.2) is 0 Å². The van der Waals surface area contributed by atoms with Gasteiger partial charge in [-0.2, -0.15) is 0 Å². The molecule has 0 radical (unpaired) electrons. The first kappa shape index (κ1) is 17.8. The summed E-state index contributed by atoms with van der Waals surface area (Å²) in [5, 5.41) is 0. The Morgan fingerprint density at radius 2 is 1.00 bits per heavy atom. The molecule has 1 aromatic heterocycles. The first-order valence-corrected chi connectivity index (χ1v) is 7.52. The third kappa shape index (κ3) is 4.35. The van der Waals surface area contributed by atoms with Gasteiger partial charge in [-0.1, -0.05) is 0 Å². The maximum Gasteiger partial charge on any atom is 0.338 e. The molecule has 21 heavy (non-hydrogen) atoms. The summed E-state index contributed by atoms with van der Waals surface area (Å²) in [4.78, 5) is 16.4. The van der Waals surface area contributed by atoms with Crippen LogP contribution in [0.3, 0.4) is 0 Å². The van der Waals surface area contributed by atoms with Gasteiger partial charge < -0.3 is 4.90 Å². The molecule has 0 aromatic carbocycles. The predicted molar refractivity (Wildman–Crippen MR) is 91.7 cm³/mol. The van der Waals surface area contributed by atoms with Crippen molar-refractivity contribution in [2.24, 2.45) is 0 Å². The summed E-state index contributed by atoms with van der Waals surface area (Å²) in [7, 11) is 12.5. The van der Waals surface area contributed by atoms with E-state index >= 15 is 0 Å². The molecule has 0 atom stereocenters. The summed E-state index contributed by atoms with van der Waals surface area (Å²) in [6.07, 6.45) is 0. The second-order valence-corrected chi connectivity index (χ2v) is 7.86. The van der Waals surface area contributed by atoms with Crippen molar-refractivity contribution in [2.45, 2.75) is 39.8 Å². The first-order chi connectivity index (χ1) is 9.34. The highest BCUT2D eigenvalue weighted by Gasteiger charge is 2.29. The quantitative estimate of drug-likeness (QED) is 0.778. The van der Waals surface area contributed by atoms with Gasteiger partial charge >= 0.3 is 11.9 Å². The highest BCUT2D eigenvalue weighted by molar-refractivity contribution is 5.43. The largest absolute Gasteiger partial charge is 0.338 e. The maximum atomic E-state index is 4.73. The van der Waals surface area contributed by atoms with Gasteiger partial charge in [-0.05, 0) is 27.7 Å². The van der Waals surface area contributed by atoms with Crippen molar-refractivity contribution >= 4 is 17.8 Å². The lowest BCUT2D eigenvalue weighted by atomic mass is 10.2. The lowest BCUT2D eigenvalue weighted by Crippen LogP contribution is -2.43. The van der Waals surface area contributed by atoms with E-state index in [1.54, 1.807) is 0 Å². The van der Waals surface area contributed by atoms with Crippen molar-refractivity contribution in [3.05, 3.63) is 0 Å². The molecule has 0 aliphatic heterocycles. The van der Waals surface area contributed by atoms with Crippen LogP contribution in [0, 0.1) is 0 Å². The standard InChI is InChI=1S/C15H32N6/c1-11(2)19(12(3)4)13-16-14(20(5,6)7)18-15(17-13)21(8,9)10/h11-12H,1-10H3/q+2. The Kier molecular flexibility index (Phi) is 4.95. The van der Waals surface area contributed by atoms with Crippen LogP contribution in [0.2, 0.25) is 0 Å². The fourth-order valence-electron chi connectivity index (χ4n) is 2.12. The molecule has 0 aliphatic rings. The van der Waals surface area contributed by atoms with E-state index in [0.717, 1.165) is 17.8 Å². The van der Waals surface area contributed by atoms with Crippen LogP contribution >= 0.6 is 0 Å². The molecule has 0 aliphatic carbocycles. The number of hydrogen-bond donors (Lipinski definition) is 0. The third-order valence-corrected chi connectivity index (χ3v) is 3.14. The summed E-state index contributed by atoms with van der Waals surface area (Å²) < 4.78 is 1.15. The van der Waals surface area contributed by atoms with E-state index in [-0.39, 0.29) is 0 Å². The van der Waals surface area contributed by atoms with Crippen LogP contribution < -0.4 is 13.9 Å². The molecule has 6 heteroatoms. The molecule has 0 amide bonds. The van der Waals surface area contributed by atoms with Crippen LogP contribution in [-0.2, 0) is 0 Å². The van der Waals surface area contributed by atoms with Gasteiger partial charge in [0.05, 0.1) is 42.3 Å². The molecular formula is C15H32N6+2. The molecule has 0 saturated carbocycles. The number of quaternary nitrogens is 2. The molecule has 0 saturated heterocycles. The number of rotatable bonds is 5. The van der Waals surface area contributed by atoms with Crippen molar-refractivity contribution in [1.82, 2.24) is 23.9 Å². The summed E-state index contributed by atoms with van der Waals surface area (Å²) in [6.45, 7) is 8.67. The lowest BCUT2D eigenvalue weighted by molar-refractivity contribution is 0.424. The van der Waals surface area contributed by atoms with Gasteiger partial charge in [-0.3, -0.25) is 8.97 Å². The number of nitrogens with zero attached hydrogens (tertiary/aromatic N) is 6. The normalized spacial score (nSPS) is 13.1. The van der Waals surface area contributed by atoms with Gasteiger partial charge in [0.15, 0.2) is 0 Å². The van der Waals surface area contributed by atoms with Crippen molar-refractivity contribution in [3.63, 3.8) is 0 Å². The molecule has 1 heterocycles. The molecule has 0 fully saturated rings. The van der Waals surface area contributed by atoms with Crippen LogP contribution in [0.1, 0.15) is 27.7 Å². The minimum atomic E-state index is 0.341. The number of aromatic nitrogens is 3. The molecular weight excluding hydrogens is 264 g/mol. The van der Waals surface area contributed by atoms with Crippen LogP contribution in [0.4, 0.5) is 17.8 Å². The Balaban J connectivity index is 3.51. The molecule has 0 unspecified atom stereocenters. The Morgan fingerprint density at radius 3 is 1.24 bits per heavy atom. The molecule has 1 aromatic rings. The van der Waals surface area contributed by atoms with Crippen LogP contribution in [-0.4, -0.2) is 69.3 Å². The summed E-state index contributed by atoms with van der Waals surface area (Å²) in [5.74, 6) is 2.34. The van der Waals surface area contributed by atoms with Crippen molar-refractivity contribution in [2.75, 3.05) is 47.2 Å². The molecule has 0 spiro atoms. The molecule has 1 rings (SSSR count). The summed E-state index contributed by atoms with van der Waals surface area (Å²) >= 11 is 0. The Bertz CT molecular complexity index is 442. The van der Waals surface area contributed by atoms with Gasteiger partial charge in [-0.15, -0.1) is 15.0 Å². The summed E-state index contributed by atoms with van der Waals surface area (Å²) in [6, 6.07) is 0.682. The zero-order valence-electron chi connectivity index (χ0n) is 15.3. The average Bonchev–Trinajstić information content (AvgIpc) is 2.25. The highest BCUT2D eigenvalue weighted by atomic mass is 15.5. The van der Waals surface area contributed by atoms with E-state index in [4.69, 9.17) is 9.97 Å². The van der Waals surface area contributed by atoms with E-state index in [9.17, 15) is 0 Å². The molecule has 120 valence electrons. The zero-order valence-corrected chi connectivity index (χ0v) is 15.3. The van der Waals surface area contributed by atoms with E-state index in [1.165, 1.54) is 0 Å². The Labute approximate surface area is 129 Å². The minimum Gasteiger partial charge on any atom is -0.336 e. The Morgan fingerprint density at radius 1 is 0.667 bits per heavy atom. The van der Waals surface area contributed by atoms with E-state index in [1.807, 2.05) is 0 Å². The fraction of sp³-hybridized carbons (Fsp3) is 0.800. The van der Waals surface area contributed by atoms with Crippen molar-refractivity contribution in [3.8, 4) is 0 Å². The zero-order chi connectivity index (χ0) is 16.6. The SMILES string of the molecule is CC(C)N(c1nc([N+](C)(C)C)nc([N+](C)(C)C)n1)C(C)C. The van der Waals surface area contributed by atoms with Gasteiger partial charge in [0, 0.05) is 12.1 Å². The predicted octanol–water partition coefficient (Wildman–Crippen LogP) is 1.89. The average molecular weight is 296 g/mol. The molecule has 0 N–H and O–H groups in total. The van der Waals surface area contributed by atoms with Crippen molar-refractivity contribution < 1.29 is 0 Å². The second kappa shape index (κ2) is 5.85. The monoisotopic (exact) mass is 296 g/mol. The molecule has 6 nitrogen and oxygen atoms in total. The van der Waals surface area contributed by atoms with Crippen LogP contribution in [0.15, 0.2) is 0 Å². The van der Waals surface area contributed by atoms with E-state index in [0.29, 0.717) is 21.0 Å². The van der Waals surface area contributed by atoms with Crippen LogP contribution in [0.25, 0.3) is 0 Å². The fourth-order valence-corrected chi connectivity index (χ4v) is 2.12. The van der Waals surface area contributed by atoms with Crippen molar-refractivity contribution in [1.29, 1.82) is 0 Å². The maximum absolute atomic E-state index is 4.73. The van der Waals surface area contributed by atoms with Gasteiger partial charge in [0.2, 0.25) is 5.95 Å². The lowest BCUT2D eigenvalue weighted by Gasteiger charge is -2.32. The second-order valence-electron chi connectivity index (χ2n) is 7.86. The number of hydrogen-bond acceptors (Lipinski definition) is 4. The van der Waals surface area contributed by atoms with Gasteiger partial charge in [0.1, 0.15) is 0 Å². The Hall–Kier alpha value is -1.27.